The fourth-order valence-electron chi connectivity index (χ4n) is 3.46. The van der Waals surface area contributed by atoms with Crippen molar-refractivity contribution in [3.05, 3.63) is 79.6 Å². The second-order valence-electron chi connectivity index (χ2n) is 6.59. The molecule has 3 aromatic rings. The summed E-state index contributed by atoms with van der Waals surface area (Å²) in [6.07, 6.45) is 4.58. The minimum Gasteiger partial charge on any atom is -0.352 e. The Kier molecular flexibility index (Phi) is 3.57. The molecule has 0 spiro atoms. The number of benzene rings is 2. The number of aryl methyl sites for hydroxylation is 3. The van der Waals surface area contributed by atoms with Crippen LogP contribution in [-0.2, 0) is 12.8 Å². The molecule has 0 fully saturated rings. The molecule has 0 saturated heterocycles. The van der Waals surface area contributed by atoms with Gasteiger partial charge in [0.2, 0.25) is 5.43 Å². The summed E-state index contributed by atoms with van der Waals surface area (Å²) in [6, 6.07) is 14.0. The minimum absolute atomic E-state index is 0.389. The van der Waals surface area contributed by atoms with E-state index in [1.807, 2.05) is 37.3 Å². The Morgan fingerprint density at radius 1 is 0.833 bits per heavy atom. The van der Waals surface area contributed by atoms with Gasteiger partial charge >= 0.3 is 0 Å². The molecule has 1 aliphatic rings. The molecule has 0 amide bonds. The summed E-state index contributed by atoms with van der Waals surface area (Å²) in [4.78, 5) is 24.2. The van der Waals surface area contributed by atoms with Crippen LogP contribution in [0.2, 0.25) is 0 Å². The van der Waals surface area contributed by atoms with E-state index in [9.17, 15) is 9.59 Å². The van der Waals surface area contributed by atoms with Crippen LogP contribution in [-0.4, -0.2) is 0 Å². The topological polar surface area (TPSA) is 46.2 Å². The van der Waals surface area contributed by atoms with Gasteiger partial charge in [0, 0.05) is 5.69 Å². The normalized spacial score (nSPS) is 13.7. The molecule has 0 bridgehead atoms. The van der Waals surface area contributed by atoms with Crippen molar-refractivity contribution in [2.75, 3.05) is 5.32 Å². The lowest BCUT2D eigenvalue weighted by Crippen LogP contribution is -2.35. The predicted molar refractivity (Wildman–Crippen MR) is 97.9 cm³/mol. The van der Waals surface area contributed by atoms with Crippen molar-refractivity contribution in [3.63, 3.8) is 0 Å². The summed E-state index contributed by atoms with van der Waals surface area (Å²) in [5, 5.41) is 3.12. The van der Waals surface area contributed by atoms with Crippen LogP contribution < -0.4 is 16.2 Å². The average molecular weight is 317 g/mol. The first kappa shape index (κ1) is 14.9. The van der Waals surface area contributed by atoms with Crippen LogP contribution in [0.5, 0.6) is 0 Å². The van der Waals surface area contributed by atoms with Crippen molar-refractivity contribution in [2.45, 2.75) is 32.6 Å². The van der Waals surface area contributed by atoms with Gasteiger partial charge in [-0.3, -0.25) is 9.59 Å². The number of hydrogen-bond acceptors (Lipinski definition) is 3. The molecule has 24 heavy (non-hydrogen) atoms. The molecule has 0 radical (unpaired) electrons. The number of hydrogen-bond donors (Lipinski definition) is 1. The number of anilines is 2. The first-order valence-corrected chi connectivity index (χ1v) is 8.42. The van der Waals surface area contributed by atoms with E-state index >= 15 is 0 Å². The van der Waals surface area contributed by atoms with Crippen molar-refractivity contribution in [3.8, 4) is 11.1 Å². The van der Waals surface area contributed by atoms with Gasteiger partial charge in [-0.15, -0.1) is 0 Å². The van der Waals surface area contributed by atoms with E-state index in [-0.39, 0.29) is 5.43 Å². The van der Waals surface area contributed by atoms with Gasteiger partial charge in [-0.1, -0.05) is 35.9 Å². The molecule has 1 aliphatic carbocycles. The molecule has 0 aromatic heterocycles. The van der Waals surface area contributed by atoms with E-state index in [2.05, 4.69) is 17.4 Å². The highest BCUT2D eigenvalue weighted by atomic mass is 16.2. The Morgan fingerprint density at radius 2 is 1.54 bits per heavy atom. The second kappa shape index (κ2) is 5.75. The molecule has 3 aromatic carbocycles. The van der Waals surface area contributed by atoms with E-state index in [1.54, 1.807) is 0 Å². The maximum absolute atomic E-state index is 12.1. The van der Waals surface area contributed by atoms with Crippen molar-refractivity contribution < 1.29 is 0 Å². The predicted octanol–water partition coefficient (Wildman–Crippen LogP) is 3.88. The first-order chi connectivity index (χ1) is 11.6. The summed E-state index contributed by atoms with van der Waals surface area (Å²) in [7, 11) is 0. The van der Waals surface area contributed by atoms with Crippen LogP contribution in [0.25, 0.3) is 11.1 Å². The quantitative estimate of drug-likeness (QED) is 0.746. The maximum atomic E-state index is 12.1. The van der Waals surface area contributed by atoms with E-state index < -0.39 is 5.43 Å². The summed E-state index contributed by atoms with van der Waals surface area (Å²) in [5.74, 6) is 0. The second-order valence-corrected chi connectivity index (χ2v) is 6.59. The number of fused-ring (bicyclic) bond motifs is 1. The largest absolute Gasteiger partial charge is 0.352 e. The molecule has 0 atom stereocenters. The molecule has 0 unspecified atom stereocenters. The molecule has 0 aliphatic heterocycles. The molecule has 120 valence electrons. The lowest BCUT2D eigenvalue weighted by molar-refractivity contribution is 0.686. The maximum Gasteiger partial charge on any atom is 0.250 e. The monoisotopic (exact) mass is 317 g/mol. The fourth-order valence-corrected chi connectivity index (χ4v) is 3.46. The highest BCUT2D eigenvalue weighted by molar-refractivity contribution is 5.85. The van der Waals surface area contributed by atoms with Crippen LogP contribution in [0, 0.1) is 6.92 Å². The first-order valence-electron chi connectivity index (χ1n) is 8.42. The minimum atomic E-state index is -0.428. The fraction of sp³-hybridized carbons (Fsp3) is 0.238. The SMILES string of the molecule is Cc1ccc(Nc2c(-c3ccc4c(c3)CCCC4)c(=O)c2=O)cc1. The van der Waals surface area contributed by atoms with Gasteiger partial charge in [0.1, 0.15) is 5.69 Å². The number of rotatable bonds is 3. The Morgan fingerprint density at radius 3 is 2.29 bits per heavy atom. The van der Waals surface area contributed by atoms with Crippen LogP contribution in [0.3, 0.4) is 0 Å². The lowest BCUT2D eigenvalue weighted by Gasteiger charge is -2.18. The molecule has 4 rings (SSSR count). The van der Waals surface area contributed by atoms with E-state index in [0.717, 1.165) is 29.7 Å². The third-order valence-corrected chi connectivity index (χ3v) is 4.87. The lowest BCUT2D eigenvalue weighted by atomic mass is 9.88. The zero-order chi connectivity index (χ0) is 16.7. The average Bonchev–Trinajstić information content (AvgIpc) is 2.62. The molecule has 1 N–H and O–H groups in total. The Balaban J connectivity index is 1.72. The van der Waals surface area contributed by atoms with Gasteiger partial charge in [-0.05, 0) is 61.4 Å². The number of nitrogens with one attached hydrogen (secondary N) is 1. The Labute approximate surface area is 140 Å². The Bertz CT molecular complexity index is 976. The standard InChI is InChI=1S/C21H19NO2/c1-13-6-10-17(11-7-13)22-19-18(20(23)21(19)24)16-9-8-14-4-2-3-5-15(14)12-16/h6-12,22H,2-5H2,1H3. The van der Waals surface area contributed by atoms with Gasteiger partial charge < -0.3 is 5.32 Å². The van der Waals surface area contributed by atoms with Gasteiger partial charge in [-0.2, -0.15) is 0 Å². The molecule has 3 heteroatoms. The smallest absolute Gasteiger partial charge is 0.250 e. The van der Waals surface area contributed by atoms with Crippen LogP contribution in [0.1, 0.15) is 29.5 Å². The molecule has 3 nitrogen and oxygen atoms in total. The van der Waals surface area contributed by atoms with E-state index in [0.29, 0.717) is 11.3 Å². The highest BCUT2D eigenvalue weighted by Crippen LogP contribution is 2.30. The van der Waals surface area contributed by atoms with Gasteiger partial charge in [0.15, 0.2) is 0 Å². The van der Waals surface area contributed by atoms with Crippen molar-refractivity contribution in [1.29, 1.82) is 0 Å². The molecule has 0 saturated carbocycles. The van der Waals surface area contributed by atoms with Crippen molar-refractivity contribution >= 4 is 11.4 Å². The van der Waals surface area contributed by atoms with Crippen molar-refractivity contribution in [2.24, 2.45) is 0 Å². The summed E-state index contributed by atoms with van der Waals surface area (Å²) >= 11 is 0. The highest BCUT2D eigenvalue weighted by Gasteiger charge is 2.23. The Hall–Kier alpha value is -2.68. The molecule has 0 heterocycles. The van der Waals surface area contributed by atoms with E-state index in [4.69, 9.17) is 0 Å². The summed E-state index contributed by atoms with van der Waals surface area (Å²) in [6.45, 7) is 2.01. The van der Waals surface area contributed by atoms with Gasteiger partial charge in [-0.25, -0.2) is 0 Å². The third kappa shape index (κ3) is 2.46. The van der Waals surface area contributed by atoms with Gasteiger partial charge in [0.05, 0.1) is 5.56 Å². The zero-order valence-electron chi connectivity index (χ0n) is 13.7. The van der Waals surface area contributed by atoms with Crippen LogP contribution in [0.15, 0.2) is 52.1 Å². The zero-order valence-corrected chi connectivity index (χ0v) is 13.7. The molecular formula is C21H19NO2. The van der Waals surface area contributed by atoms with E-state index in [1.165, 1.54) is 24.0 Å². The summed E-state index contributed by atoms with van der Waals surface area (Å²) in [5.41, 5.74) is 5.64. The molecular weight excluding hydrogens is 298 g/mol. The summed E-state index contributed by atoms with van der Waals surface area (Å²) < 4.78 is 0. The van der Waals surface area contributed by atoms with Crippen LogP contribution in [0.4, 0.5) is 11.4 Å². The third-order valence-electron chi connectivity index (χ3n) is 4.87. The van der Waals surface area contributed by atoms with Crippen LogP contribution >= 0.6 is 0 Å². The van der Waals surface area contributed by atoms with Gasteiger partial charge in [0.25, 0.3) is 5.43 Å². The van der Waals surface area contributed by atoms with Crippen molar-refractivity contribution in [1.82, 2.24) is 0 Å².